The molecular weight excluding hydrogens is 255 g/mol. The fourth-order valence-electron chi connectivity index (χ4n) is 2.54. The summed E-state index contributed by atoms with van der Waals surface area (Å²) in [6.07, 6.45) is 1.06. The maximum Gasteiger partial charge on any atom is 0.230 e. The van der Waals surface area contributed by atoms with E-state index in [1.807, 2.05) is 13.8 Å². The number of carbonyl (C=O) groups is 1. The van der Waals surface area contributed by atoms with Crippen LogP contribution in [0.3, 0.4) is 0 Å². The van der Waals surface area contributed by atoms with Crippen molar-refractivity contribution in [2.45, 2.75) is 38.6 Å². The lowest BCUT2D eigenvalue weighted by Gasteiger charge is -2.33. The summed E-state index contributed by atoms with van der Waals surface area (Å²) in [5.74, 6) is 0.100. The van der Waals surface area contributed by atoms with Crippen molar-refractivity contribution in [1.82, 2.24) is 10.6 Å². The molecule has 1 saturated heterocycles. The van der Waals surface area contributed by atoms with E-state index in [0.29, 0.717) is 11.5 Å². The van der Waals surface area contributed by atoms with Crippen molar-refractivity contribution >= 4 is 5.91 Å². The van der Waals surface area contributed by atoms with Crippen LogP contribution in [0.4, 0.5) is 4.39 Å². The molecule has 3 nitrogen and oxygen atoms in total. The van der Waals surface area contributed by atoms with Crippen LogP contribution in [-0.4, -0.2) is 25.0 Å². The van der Waals surface area contributed by atoms with Crippen molar-refractivity contribution in [2.24, 2.45) is 5.92 Å². The van der Waals surface area contributed by atoms with Crippen LogP contribution < -0.4 is 10.6 Å². The summed E-state index contributed by atoms with van der Waals surface area (Å²) in [4.78, 5) is 12.5. The monoisotopic (exact) mass is 278 g/mol. The highest BCUT2D eigenvalue weighted by atomic mass is 19.1. The Morgan fingerprint density at radius 2 is 2.20 bits per heavy atom. The first-order valence-corrected chi connectivity index (χ1v) is 7.19. The van der Waals surface area contributed by atoms with E-state index in [9.17, 15) is 9.18 Å². The Morgan fingerprint density at radius 1 is 1.45 bits per heavy atom. The topological polar surface area (TPSA) is 41.1 Å². The Hall–Kier alpha value is -1.42. The molecule has 0 saturated carbocycles. The lowest BCUT2D eigenvalue weighted by molar-refractivity contribution is -0.126. The Kier molecular flexibility index (Phi) is 4.43. The summed E-state index contributed by atoms with van der Waals surface area (Å²) in [6.45, 7) is 7.62. The van der Waals surface area contributed by atoms with Gasteiger partial charge in [-0.15, -0.1) is 0 Å². The molecule has 1 fully saturated rings. The zero-order chi connectivity index (χ0) is 14.8. The van der Waals surface area contributed by atoms with Gasteiger partial charge in [0.2, 0.25) is 5.91 Å². The fourth-order valence-corrected chi connectivity index (χ4v) is 2.54. The van der Waals surface area contributed by atoms with Crippen LogP contribution in [0.15, 0.2) is 24.3 Å². The van der Waals surface area contributed by atoms with Crippen LogP contribution in [0.5, 0.6) is 0 Å². The maximum absolute atomic E-state index is 13.3. The summed E-state index contributed by atoms with van der Waals surface area (Å²) >= 11 is 0. The van der Waals surface area contributed by atoms with E-state index in [1.165, 1.54) is 12.1 Å². The van der Waals surface area contributed by atoms with Gasteiger partial charge in [-0.25, -0.2) is 4.39 Å². The van der Waals surface area contributed by atoms with Crippen LogP contribution in [0.2, 0.25) is 0 Å². The van der Waals surface area contributed by atoms with Crippen LogP contribution in [0, 0.1) is 11.7 Å². The highest BCUT2D eigenvalue weighted by molar-refractivity contribution is 5.87. The number of hydrogen-bond donors (Lipinski definition) is 2. The molecule has 2 unspecified atom stereocenters. The second kappa shape index (κ2) is 5.92. The SMILES string of the molecule is CC1CCNCC1NC(=O)C(C)(C)c1cccc(F)c1. The maximum atomic E-state index is 13.3. The molecule has 2 atom stereocenters. The number of carbonyl (C=O) groups excluding carboxylic acids is 1. The normalized spacial score (nSPS) is 23.4. The van der Waals surface area contributed by atoms with E-state index in [1.54, 1.807) is 12.1 Å². The molecule has 0 radical (unpaired) electrons. The van der Waals surface area contributed by atoms with Crippen molar-refractivity contribution in [3.63, 3.8) is 0 Å². The molecule has 1 aromatic rings. The smallest absolute Gasteiger partial charge is 0.230 e. The van der Waals surface area contributed by atoms with Crippen LogP contribution in [0.1, 0.15) is 32.8 Å². The quantitative estimate of drug-likeness (QED) is 0.890. The first-order chi connectivity index (χ1) is 9.41. The number of piperidine rings is 1. The number of benzene rings is 1. The fraction of sp³-hybridized carbons (Fsp3) is 0.562. The van der Waals surface area contributed by atoms with Gasteiger partial charge in [-0.3, -0.25) is 4.79 Å². The van der Waals surface area contributed by atoms with Crippen LogP contribution in [-0.2, 0) is 10.2 Å². The Balaban J connectivity index is 2.10. The van der Waals surface area contributed by atoms with E-state index in [0.717, 1.165) is 19.5 Å². The molecule has 20 heavy (non-hydrogen) atoms. The summed E-state index contributed by atoms with van der Waals surface area (Å²) in [6, 6.07) is 6.41. The predicted molar refractivity (Wildman–Crippen MR) is 78.0 cm³/mol. The van der Waals surface area contributed by atoms with Gasteiger partial charge in [0, 0.05) is 12.6 Å². The minimum Gasteiger partial charge on any atom is -0.351 e. The third kappa shape index (κ3) is 3.18. The Bertz CT molecular complexity index is 487. The van der Waals surface area contributed by atoms with Gasteiger partial charge in [0.1, 0.15) is 5.82 Å². The first-order valence-electron chi connectivity index (χ1n) is 7.19. The molecule has 0 spiro atoms. The zero-order valence-corrected chi connectivity index (χ0v) is 12.4. The predicted octanol–water partition coefficient (Wildman–Crippen LogP) is 2.22. The number of hydrogen-bond acceptors (Lipinski definition) is 2. The molecule has 1 heterocycles. The third-order valence-corrected chi connectivity index (χ3v) is 4.26. The van der Waals surface area contributed by atoms with E-state index >= 15 is 0 Å². The summed E-state index contributed by atoms with van der Waals surface area (Å²) in [5, 5.41) is 6.40. The van der Waals surface area contributed by atoms with Gasteiger partial charge in [0.05, 0.1) is 5.41 Å². The molecule has 4 heteroatoms. The van der Waals surface area contributed by atoms with Gasteiger partial charge in [0.25, 0.3) is 0 Å². The van der Waals surface area contributed by atoms with Gasteiger partial charge in [0.15, 0.2) is 0 Å². The molecule has 1 aromatic carbocycles. The lowest BCUT2D eigenvalue weighted by atomic mass is 9.82. The van der Waals surface area contributed by atoms with Gasteiger partial charge in [-0.2, -0.15) is 0 Å². The highest BCUT2D eigenvalue weighted by Gasteiger charge is 2.33. The second-order valence-electron chi connectivity index (χ2n) is 6.19. The molecular formula is C16H23FN2O. The number of nitrogens with one attached hydrogen (secondary N) is 2. The molecule has 0 bridgehead atoms. The van der Waals surface area contributed by atoms with Crippen molar-refractivity contribution in [2.75, 3.05) is 13.1 Å². The second-order valence-corrected chi connectivity index (χ2v) is 6.19. The summed E-state index contributed by atoms with van der Waals surface area (Å²) in [7, 11) is 0. The molecule has 110 valence electrons. The van der Waals surface area contributed by atoms with Crippen molar-refractivity contribution in [3.8, 4) is 0 Å². The molecule has 2 N–H and O–H groups in total. The largest absolute Gasteiger partial charge is 0.351 e. The van der Waals surface area contributed by atoms with E-state index in [2.05, 4.69) is 17.6 Å². The minimum atomic E-state index is -0.737. The van der Waals surface area contributed by atoms with Crippen LogP contribution >= 0.6 is 0 Å². The molecule has 1 amide bonds. The summed E-state index contributed by atoms with van der Waals surface area (Å²) < 4.78 is 13.3. The van der Waals surface area contributed by atoms with E-state index in [4.69, 9.17) is 0 Å². The third-order valence-electron chi connectivity index (χ3n) is 4.26. The molecule has 1 aliphatic heterocycles. The first kappa shape index (κ1) is 15.0. The number of rotatable bonds is 3. The standard InChI is InChI=1S/C16H23FN2O/c1-11-7-8-18-10-14(11)19-15(20)16(2,3)12-5-4-6-13(17)9-12/h4-6,9,11,14,18H,7-8,10H2,1-3H3,(H,19,20). The average molecular weight is 278 g/mol. The molecule has 1 aliphatic rings. The zero-order valence-electron chi connectivity index (χ0n) is 12.4. The molecule has 0 aromatic heterocycles. The van der Waals surface area contributed by atoms with Crippen molar-refractivity contribution in [1.29, 1.82) is 0 Å². The number of amides is 1. The van der Waals surface area contributed by atoms with E-state index in [-0.39, 0.29) is 17.8 Å². The lowest BCUT2D eigenvalue weighted by Crippen LogP contribution is -2.54. The minimum absolute atomic E-state index is 0.0522. The molecule has 2 rings (SSSR count). The van der Waals surface area contributed by atoms with Crippen molar-refractivity contribution in [3.05, 3.63) is 35.6 Å². The van der Waals surface area contributed by atoms with Crippen LogP contribution in [0.25, 0.3) is 0 Å². The van der Waals surface area contributed by atoms with Gasteiger partial charge in [-0.05, 0) is 50.4 Å². The Morgan fingerprint density at radius 3 is 2.85 bits per heavy atom. The van der Waals surface area contributed by atoms with Gasteiger partial charge in [-0.1, -0.05) is 19.1 Å². The Labute approximate surface area is 120 Å². The highest BCUT2D eigenvalue weighted by Crippen LogP contribution is 2.25. The van der Waals surface area contributed by atoms with E-state index < -0.39 is 5.41 Å². The summed E-state index contributed by atoms with van der Waals surface area (Å²) in [5.41, 5.74) is -0.0364. The van der Waals surface area contributed by atoms with Crippen molar-refractivity contribution < 1.29 is 9.18 Å². The molecule has 0 aliphatic carbocycles. The number of halogens is 1. The van der Waals surface area contributed by atoms with Gasteiger partial charge >= 0.3 is 0 Å². The average Bonchev–Trinajstić information content (AvgIpc) is 2.41. The van der Waals surface area contributed by atoms with Gasteiger partial charge < -0.3 is 10.6 Å².